The zero-order chi connectivity index (χ0) is 14.4. The van der Waals surface area contributed by atoms with Crippen LogP contribution in [0.4, 0.5) is 4.39 Å². The van der Waals surface area contributed by atoms with Crippen LogP contribution in [0.25, 0.3) is 0 Å². The second-order valence-corrected chi connectivity index (χ2v) is 5.88. The molecule has 1 heterocycles. The first-order valence-electron chi connectivity index (χ1n) is 7.62. The Morgan fingerprint density at radius 1 is 1.30 bits per heavy atom. The summed E-state index contributed by atoms with van der Waals surface area (Å²) in [6.07, 6.45) is 4.73. The van der Waals surface area contributed by atoms with Gasteiger partial charge in [0.1, 0.15) is 5.82 Å². The van der Waals surface area contributed by atoms with Gasteiger partial charge in [-0.3, -0.25) is 4.90 Å². The zero-order valence-corrected chi connectivity index (χ0v) is 12.9. The van der Waals surface area contributed by atoms with Crippen LogP contribution in [0.2, 0.25) is 5.02 Å². The molecule has 1 aromatic carbocycles. The van der Waals surface area contributed by atoms with Gasteiger partial charge in [-0.2, -0.15) is 0 Å². The van der Waals surface area contributed by atoms with Crippen molar-refractivity contribution >= 4 is 11.6 Å². The second kappa shape index (κ2) is 7.96. The molecule has 20 heavy (non-hydrogen) atoms. The van der Waals surface area contributed by atoms with Gasteiger partial charge in [0.15, 0.2) is 0 Å². The van der Waals surface area contributed by atoms with Gasteiger partial charge >= 0.3 is 0 Å². The molecular weight excluding hydrogens is 275 g/mol. The molecule has 1 aromatic rings. The van der Waals surface area contributed by atoms with Crippen molar-refractivity contribution in [2.24, 2.45) is 0 Å². The van der Waals surface area contributed by atoms with Gasteiger partial charge in [-0.05, 0) is 24.1 Å². The van der Waals surface area contributed by atoms with Gasteiger partial charge in [0, 0.05) is 32.2 Å². The van der Waals surface area contributed by atoms with Crippen molar-refractivity contribution in [1.29, 1.82) is 0 Å². The molecule has 4 heteroatoms. The standard InChI is InChI=1S/C16H24ClFN2/c1-2-3-4-5-16(20-10-8-19-9-11-20)13-6-7-14(17)15(18)12-13/h6-7,12,16,19H,2-5,8-11H2,1H3/t16-/m1/s1. The lowest BCUT2D eigenvalue weighted by atomic mass is 9.98. The monoisotopic (exact) mass is 298 g/mol. The fraction of sp³-hybridized carbons (Fsp3) is 0.625. The maximum absolute atomic E-state index is 13.7. The molecule has 112 valence electrons. The van der Waals surface area contributed by atoms with E-state index in [1.807, 2.05) is 6.07 Å². The number of unbranched alkanes of at least 4 members (excludes halogenated alkanes) is 2. The van der Waals surface area contributed by atoms with Crippen molar-refractivity contribution in [3.05, 3.63) is 34.6 Å². The van der Waals surface area contributed by atoms with Crippen molar-refractivity contribution in [3.63, 3.8) is 0 Å². The van der Waals surface area contributed by atoms with Crippen molar-refractivity contribution < 1.29 is 4.39 Å². The summed E-state index contributed by atoms with van der Waals surface area (Å²) in [6, 6.07) is 5.59. The van der Waals surface area contributed by atoms with Crippen LogP contribution in [0.5, 0.6) is 0 Å². The van der Waals surface area contributed by atoms with Gasteiger partial charge < -0.3 is 5.32 Å². The molecule has 0 saturated carbocycles. The Labute approximate surface area is 126 Å². The lowest BCUT2D eigenvalue weighted by Gasteiger charge is -2.35. The highest BCUT2D eigenvalue weighted by Crippen LogP contribution is 2.29. The maximum atomic E-state index is 13.7. The van der Waals surface area contributed by atoms with Crippen LogP contribution in [-0.4, -0.2) is 31.1 Å². The van der Waals surface area contributed by atoms with E-state index in [1.54, 1.807) is 12.1 Å². The molecule has 1 fully saturated rings. The Hall–Kier alpha value is -0.640. The third-order valence-electron chi connectivity index (χ3n) is 4.00. The van der Waals surface area contributed by atoms with E-state index in [1.165, 1.54) is 19.3 Å². The van der Waals surface area contributed by atoms with Crippen LogP contribution in [0.15, 0.2) is 18.2 Å². The summed E-state index contributed by atoms with van der Waals surface area (Å²) in [5.74, 6) is -0.306. The molecule has 0 radical (unpaired) electrons. The Kier molecular flexibility index (Phi) is 6.27. The van der Waals surface area contributed by atoms with E-state index < -0.39 is 0 Å². The Morgan fingerprint density at radius 2 is 2.05 bits per heavy atom. The molecule has 1 aliphatic rings. The number of piperazine rings is 1. The molecular formula is C16H24ClFN2. The minimum atomic E-state index is -0.306. The van der Waals surface area contributed by atoms with Crippen LogP contribution in [0.3, 0.4) is 0 Å². The first kappa shape index (κ1) is 15.7. The lowest BCUT2D eigenvalue weighted by Crippen LogP contribution is -2.45. The summed E-state index contributed by atoms with van der Waals surface area (Å²) in [5.41, 5.74) is 1.06. The number of rotatable bonds is 6. The predicted molar refractivity (Wildman–Crippen MR) is 82.7 cm³/mol. The average molecular weight is 299 g/mol. The number of hydrogen-bond donors (Lipinski definition) is 1. The van der Waals surface area contributed by atoms with E-state index in [0.29, 0.717) is 6.04 Å². The van der Waals surface area contributed by atoms with Crippen LogP contribution in [0, 0.1) is 5.82 Å². The number of halogens is 2. The van der Waals surface area contributed by atoms with Crippen LogP contribution < -0.4 is 5.32 Å². The summed E-state index contributed by atoms with van der Waals surface area (Å²) < 4.78 is 13.7. The molecule has 0 aliphatic carbocycles. The summed E-state index contributed by atoms with van der Waals surface area (Å²) >= 11 is 5.80. The summed E-state index contributed by atoms with van der Waals surface area (Å²) in [6.45, 7) is 6.30. The Bertz CT molecular complexity index is 419. The van der Waals surface area contributed by atoms with Crippen molar-refractivity contribution in [3.8, 4) is 0 Å². The first-order valence-corrected chi connectivity index (χ1v) is 8.00. The SMILES string of the molecule is CCCCC[C@H](c1ccc(Cl)c(F)c1)N1CCNCC1. The Balaban J connectivity index is 2.12. The first-order chi connectivity index (χ1) is 9.72. The van der Waals surface area contributed by atoms with Crippen molar-refractivity contribution in [2.45, 2.75) is 38.6 Å². The van der Waals surface area contributed by atoms with E-state index in [9.17, 15) is 4.39 Å². The highest BCUT2D eigenvalue weighted by Gasteiger charge is 2.22. The van der Waals surface area contributed by atoms with Crippen molar-refractivity contribution in [1.82, 2.24) is 10.2 Å². The number of nitrogens with one attached hydrogen (secondary N) is 1. The number of nitrogens with zero attached hydrogens (tertiary/aromatic N) is 1. The minimum absolute atomic E-state index is 0.210. The van der Waals surface area contributed by atoms with Gasteiger partial charge in [-0.25, -0.2) is 4.39 Å². The summed E-state index contributed by atoms with van der Waals surface area (Å²) in [5, 5.41) is 3.58. The van der Waals surface area contributed by atoms with Gasteiger partial charge in [0.05, 0.1) is 5.02 Å². The summed E-state index contributed by atoms with van der Waals surface area (Å²) in [7, 11) is 0. The average Bonchev–Trinajstić information content (AvgIpc) is 2.48. The fourth-order valence-electron chi connectivity index (χ4n) is 2.86. The fourth-order valence-corrected chi connectivity index (χ4v) is 2.98. The molecule has 2 rings (SSSR count). The highest BCUT2D eigenvalue weighted by atomic mass is 35.5. The molecule has 0 spiro atoms. The third kappa shape index (κ3) is 4.18. The quantitative estimate of drug-likeness (QED) is 0.799. The summed E-state index contributed by atoms with van der Waals surface area (Å²) in [4.78, 5) is 2.47. The van der Waals surface area contributed by atoms with E-state index in [2.05, 4.69) is 17.1 Å². The van der Waals surface area contributed by atoms with E-state index in [-0.39, 0.29) is 10.8 Å². The lowest BCUT2D eigenvalue weighted by molar-refractivity contribution is 0.162. The van der Waals surface area contributed by atoms with Gasteiger partial charge in [0.2, 0.25) is 0 Å². The second-order valence-electron chi connectivity index (χ2n) is 5.47. The topological polar surface area (TPSA) is 15.3 Å². The van der Waals surface area contributed by atoms with E-state index >= 15 is 0 Å². The zero-order valence-electron chi connectivity index (χ0n) is 12.2. The van der Waals surface area contributed by atoms with Crippen LogP contribution in [0.1, 0.15) is 44.2 Å². The van der Waals surface area contributed by atoms with Crippen LogP contribution in [-0.2, 0) is 0 Å². The molecule has 1 aliphatic heterocycles. The molecule has 0 unspecified atom stereocenters. The molecule has 0 amide bonds. The number of hydrogen-bond acceptors (Lipinski definition) is 2. The smallest absolute Gasteiger partial charge is 0.142 e. The minimum Gasteiger partial charge on any atom is -0.314 e. The Morgan fingerprint density at radius 3 is 2.70 bits per heavy atom. The van der Waals surface area contributed by atoms with E-state index in [0.717, 1.165) is 38.2 Å². The van der Waals surface area contributed by atoms with Crippen molar-refractivity contribution in [2.75, 3.05) is 26.2 Å². The normalized spacial score (nSPS) is 18.1. The van der Waals surface area contributed by atoms with Gasteiger partial charge in [-0.1, -0.05) is 43.9 Å². The van der Waals surface area contributed by atoms with Gasteiger partial charge in [-0.15, -0.1) is 0 Å². The molecule has 1 N–H and O–H groups in total. The predicted octanol–water partition coefficient (Wildman–Crippen LogP) is 4.01. The largest absolute Gasteiger partial charge is 0.314 e. The van der Waals surface area contributed by atoms with E-state index in [4.69, 9.17) is 11.6 Å². The molecule has 0 bridgehead atoms. The molecule has 2 nitrogen and oxygen atoms in total. The highest BCUT2D eigenvalue weighted by molar-refractivity contribution is 6.30. The van der Waals surface area contributed by atoms with Crippen LogP contribution >= 0.6 is 11.6 Å². The molecule has 0 aromatic heterocycles. The van der Waals surface area contributed by atoms with Gasteiger partial charge in [0.25, 0.3) is 0 Å². The number of benzene rings is 1. The third-order valence-corrected chi connectivity index (χ3v) is 4.31. The molecule has 1 atom stereocenters. The maximum Gasteiger partial charge on any atom is 0.142 e. The molecule has 1 saturated heterocycles.